The number of nitrogens with two attached hydrogens (primary N) is 1. The van der Waals surface area contributed by atoms with Gasteiger partial charge in [-0.1, -0.05) is 42.5 Å². The Bertz CT molecular complexity index is 1210. The van der Waals surface area contributed by atoms with E-state index in [1.807, 2.05) is 32.0 Å². The number of anilines is 1. The van der Waals surface area contributed by atoms with E-state index >= 15 is 0 Å². The second kappa shape index (κ2) is 9.11. The molecule has 0 bridgehead atoms. The van der Waals surface area contributed by atoms with Crippen LogP contribution in [0.1, 0.15) is 33.2 Å². The Hall–Kier alpha value is -3.49. The smallest absolute Gasteiger partial charge is 0.339 e. The number of esters is 1. The number of nitrogens with one attached hydrogen (secondary N) is 1. The van der Waals surface area contributed by atoms with Gasteiger partial charge in [0.05, 0.1) is 10.5 Å². The lowest BCUT2D eigenvalue weighted by atomic mass is 10.1. The summed E-state index contributed by atoms with van der Waals surface area (Å²) in [5.74, 6) is -1.28. The van der Waals surface area contributed by atoms with E-state index in [2.05, 4.69) is 5.32 Å². The fourth-order valence-electron chi connectivity index (χ4n) is 2.93. The quantitative estimate of drug-likeness (QED) is 0.572. The third kappa shape index (κ3) is 5.56. The van der Waals surface area contributed by atoms with Gasteiger partial charge in [0, 0.05) is 11.3 Å². The Morgan fingerprint density at radius 3 is 2.19 bits per heavy atom. The van der Waals surface area contributed by atoms with Gasteiger partial charge >= 0.3 is 5.97 Å². The van der Waals surface area contributed by atoms with Crippen LogP contribution in [0.2, 0.25) is 0 Å². The van der Waals surface area contributed by atoms with E-state index in [0.717, 1.165) is 11.1 Å². The summed E-state index contributed by atoms with van der Waals surface area (Å²) in [7, 11) is -3.88. The standard InChI is InChI=1S/C23H22N2O5S/c1-15-8-9-16(2)20(14-15)25-22(26)21(17-6-4-3-5-7-17)30-23(27)18-10-12-19(13-11-18)31(24,28)29/h3-14,21H,1-2H3,(H,25,26)(H2,24,28,29)/t21-/m0/s1. The number of ether oxygens (including phenoxy) is 1. The molecule has 0 radical (unpaired) electrons. The van der Waals surface area contributed by atoms with Crippen molar-refractivity contribution in [2.75, 3.05) is 5.32 Å². The van der Waals surface area contributed by atoms with Gasteiger partial charge in [0.25, 0.3) is 5.91 Å². The third-order valence-electron chi connectivity index (χ3n) is 4.63. The lowest BCUT2D eigenvalue weighted by Crippen LogP contribution is -2.26. The first-order chi connectivity index (χ1) is 14.6. The summed E-state index contributed by atoms with van der Waals surface area (Å²) < 4.78 is 28.3. The summed E-state index contributed by atoms with van der Waals surface area (Å²) in [5, 5.41) is 7.90. The van der Waals surface area contributed by atoms with Crippen LogP contribution in [0.3, 0.4) is 0 Å². The zero-order valence-electron chi connectivity index (χ0n) is 17.0. The van der Waals surface area contributed by atoms with Crippen molar-refractivity contribution in [3.63, 3.8) is 0 Å². The van der Waals surface area contributed by atoms with Crippen LogP contribution >= 0.6 is 0 Å². The van der Waals surface area contributed by atoms with Crippen molar-refractivity contribution in [3.8, 4) is 0 Å². The maximum absolute atomic E-state index is 13.0. The van der Waals surface area contributed by atoms with Gasteiger partial charge in [-0.2, -0.15) is 0 Å². The molecule has 0 unspecified atom stereocenters. The molecule has 160 valence electrons. The molecule has 0 saturated heterocycles. The Kier molecular flexibility index (Phi) is 6.53. The number of aryl methyl sites for hydroxylation is 2. The molecule has 31 heavy (non-hydrogen) atoms. The van der Waals surface area contributed by atoms with Crippen molar-refractivity contribution in [3.05, 3.63) is 95.1 Å². The normalized spacial score (nSPS) is 12.1. The van der Waals surface area contributed by atoms with Gasteiger partial charge in [-0.3, -0.25) is 4.79 Å². The Morgan fingerprint density at radius 1 is 0.935 bits per heavy atom. The lowest BCUT2D eigenvalue weighted by molar-refractivity contribution is -0.125. The molecule has 0 saturated carbocycles. The number of rotatable bonds is 6. The summed E-state index contributed by atoms with van der Waals surface area (Å²) in [5.41, 5.74) is 3.06. The highest BCUT2D eigenvalue weighted by molar-refractivity contribution is 7.89. The number of hydrogen-bond acceptors (Lipinski definition) is 5. The molecule has 0 heterocycles. The number of sulfonamides is 1. The minimum atomic E-state index is -3.88. The first-order valence-corrected chi connectivity index (χ1v) is 11.0. The summed E-state index contributed by atoms with van der Waals surface area (Å²) in [6.45, 7) is 3.78. The predicted molar refractivity (Wildman–Crippen MR) is 117 cm³/mol. The van der Waals surface area contributed by atoms with E-state index in [4.69, 9.17) is 9.88 Å². The monoisotopic (exact) mass is 438 g/mol. The maximum atomic E-state index is 13.0. The fourth-order valence-corrected chi connectivity index (χ4v) is 3.44. The average Bonchev–Trinajstić information content (AvgIpc) is 2.74. The van der Waals surface area contributed by atoms with Gasteiger partial charge < -0.3 is 10.1 Å². The highest BCUT2D eigenvalue weighted by atomic mass is 32.2. The highest BCUT2D eigenvalue weighted by Crippen LogP contribution is 2.24. The Morgan fingerprint density at radius 2 is 1.58 bits per heavy atom. The van der Waals surface area contributed by atoms with E-state index in [0.29, 0.717) is 11.3 Å². The minimum absolute atomic E-state index is 0.0906. The molecule has 1 amide bonds. The summed E-state index contributed by atoms with van der Waals surface area (Å²) in [6, 6.07) is 19.3. The summed E-state index contributed by atoms with van der Waals surface area (Å²) in [6.07, 6.45) is -1.20. The zero-order valence-corrected chi connectivity index (χ0v) is 17.8. The molecule has 1 atom stereocenters. The molecule has 0 aliphatic carbocycles. The third-order valence-corrected chi connectivity index (χ3v) is 5.56. The van der Waals surface area contributed by atoms with Gasteiger partial charge in [-0.05, 0) is 55.3 Å². The number of benzene rings is 3. The molecular formula is C23H22N2O5S. The molecule has 7 nitrogen and oxygen atoms in total. The van der Waals surface area contributed by atoms with E-state index < -0.39 is 28.0 Å². The van der Waals surface area contributed by atoms with Crippen molar-refractivity contribution < 1.29 is 22.7 Å². The number of carbonyl (C=O) groups is 2. The van der Waals surface area contributed by atoms with Crippen molar-refractivity contribution >= 4 is 27.6 Å². The number of primary sulfonamides is 1. The average molecular weight is 439 g/mol. The molecular weight excluding hydrogens is 416 g/mol. The second-order valence-corrected chi connectivity index (χ2v) is 8.63. The molecule has 0 aliphatic rings. The Labute approximate surface area is 180 Å². The van der Waals surface area contributed by atoms with Crippen molar-refractivity contribution in [2.45, 2.75) is 24.8 Å². The molecule has 0 fully saturated rings. The molecule has 3 rings (SSSR count). The SMILES string of the molecule is Cc1ccc(C)c(NC(=O)[C@@H](OC(=O)c2ccc(S(N)(=O)=O)cc2)c2ccccc2)c1. The highest BCUT2D eigenvalue weighted by Gasteiger charge is 2.26. The van der Waals surface area contributed by atoms with E-state index in [9.17, 15) is 18.0 Å². The van der Waals surface area contributed by atoms with E-state index in [1.165, 1.54) is 24.3 Å². The number of amides is 1. The van der Waals surface area contributed by atoms with Gasteiger partial charge in [0.2, 0.25) is 16.1 Å². The van der Waals surface area contributed by atoms with Crippen LogP contribution < -0.4 is 10.5 Å². The molecule has 0 aliphatic heterocycles. The fraction of sp³-hybridized carbons (Fsp3) is 0.130. The van der Waals surface area contributed by atoms with Crippen LogP contribution in [0.15, 0.2) is 77.7 Å². The minimum Gasteiger partial charge on any atom is -0.444 e. The van der Waals surface area contributed by atoms with Gasteiger partial charge in [-0.25, -0.2) is 18.4 Å². The van der Waals surface area contributed by atoms with Crippen molar-refractivity contribution in [1.29, 1.82) is 0 Å². The van der Waals surface area contributed by atoms with Crippen LogP contribution in [-0.4, -0.2) is 20.3 Å². The largest absolute Gasteiger partial charge is 0.444 e. The summed E-state index contributed by atoms with van der Waals surface area (Å²) >= 11 is 0. The van der Waals surface area contributed by atoms with Crippen LogP contribution in [0.5, 0.6) is 0 Å². The van der Waals surface area contributed by atoms with E-state index in [-0.39, 0.29) is 10.5 Å². The molecule has 3 N–H and O–H groups in total. The van der Waals surface area contributed by atoms with Crippen LogP contribution in [0.4, 0.5) is 5.69 Å². The van der Waals surface area contributed by atoms with E-state index in [1.54, 1.807) is 30.3 Å². The maximum Gasteiger partial charge on any atom is 0.339 e. The van der Waals surface area contributed by atoms with Crippen LogP contribution in [0, 0.1) is 13.8 Å². The van der Waals surface area contributed by atoms with Crippen molar-refractivity contribution in [2.24, 2.45) is 5.14 Å². The van der Waals surface area contributed by atoms with Gasteiger partial charge in [-0.15, -0.1) is 0 Å². The molecule has 3 aromatic carbocycles. The van der Waals surface area contributed by atoms with Gasteiger partial charge in [0.1, 0.15) is 0 Å². The first kappa shape index (κ1) is 22.2. The topological polar surface area (TPSA) is 116 Å². The van der Waals surface area contributed by atoms with Gasteiger partial charge in [0.15, 0.2) is 0 Å². The molecule has 3 aromatic rings. The Balaban J connectivity index is 1.86. The van der Waals surface area contributed by atoms with Crippen molar-refractivity contribution in [1.82, 2.24) is 0 Å². The first-order valence-electron chi connectivity index (χ1n) is 9.42. The molecule has 0 aromatic heterocycles. The van der Waals surface area contributed by atoms with Crippen LogP contribution in [0.25, 0.3) is 0 Å². The zero-order chi connectivity index (χ0) is 22.6. The number of hydrogen-bond donors (Lipinski definition) is 2. The number of carbonyl (C=O) groups excluding carboxylic acids is 2. The molecule has 8 heteroatoms. The molecule has 0 spiro atoms. The predicted octanol–water partition coefficient (Wildman–Crippen LogP) is 3.49. The second-order valence-electron chi connectivity index (χ2n) is 7.07. The van der Waals surface area contributed by atoms with Crippen LogP contribution in [-0.2, 0) is 19.6 Å². The lowest BCUT2D eigenvalue weighted by Gasteiger charge is -2.19. The summed E-state index contributed by atoms with van der Waals surface area (Å²) in [4.78, 5) is 25.6.